The predicted molar refractivity (Wildman–Crippen MR) is 69.0 cm³/mol. The molecule has 90 valence electrons. The third kappa shape index (κ3) is 2.36. The summed E-state index contributed by atoms with van der Waals surface area (Å²) in [6, 6.07) is 6.43. The number of hydrogen-bond donors (Lipinski definition) is 1. The highest BCUT2D eigenvalue weighted by Gasteiger charge is 2.22. The molecule has 5 heteroatoms. The van der Waals surface area contributed by atoms with E-state index in [4.69, 9.17) is 4.74 Å². The summed E-state index contributed by atoms with van der Waals surface area (Å²) in [6.45, 7) is 0. The lowest BCUT2D eigenvalue weighted by atomic mass is 10.1. The zero-order valence-electron chi connectivity index (χ0n) is 8.98. The zero-order valence-corrected chi connectivity index (χ0v) is 11.4. The van der Waals surface area contributed by atoms with Crippen molar-refractivity contribution in [3.63, 3.8) is 0 Å². The fourth-order valence-corrected chi connectivity index (χ4v) is 2.83. The van der Waals surface area contributed by atoms with Crippen LogP contribution in [0.15, 0.2) is 34.1 Å². The number of thiophene rings is 1. The minimum atomic E-state index is -1.01. The SMILES string of the molecule is COc1c(Br)ccc(F)c1C(O)c1cccs1. The summed E-state index contributed by atoms with van der Waals surface area (Å²) in [7, 11) is 1.45. The number of methoxy groups -OCH3 is 1. The molecule has 0 aliphatic carbocycles. The highest BCUT2D eigenvalue weighted by atomic mass is 79.9. The second kappa shape index (κ2) is 5.16. The van der Waals surface area contributed by atoms with Gasteiger partial charge in [0.2, 0.25) is 0 Å². The van der Waals surface area contributed by atoms with Gasteiger partial charge in [-0.2, -0.15) is 0 Å². The molecule has 2 rings (SSSR count). The second-order valence-electron chi connectivity index (χ2n) is 3.39. The molecular formula is C12H10BrFO2S. The van der Waals surface area contributed by atoms with Crippen molar-refractivity contribution in [3.8, 4) is 5.75 Å². The molecule has 1 unspecified atom stereocenters. The Balaban J connectivity index is 2.54. The average Bonchev–Trinajstić information content (AvgIpc) is 2.84. The summed E-state index contributed by atoms with van der Waals surface area (Å²) in [5, 5.41) is 12.0. The van der Waals surface area contributed by atoms with E-state index in [0.717, 1.165) is 0 Å². The highest BCUT2D eigenvalue weighted by molar-refractivity contribution is 9.10. The molecule has 0 aliphatic rings. The van der Waals surface area contributed by atoms with Crippen molar-refractivity contribution in [2.45, 2.75) is 6.10 Å². The number of aliphatic hydroxyl groups excluding tert-OH is 1. The molecule has 2 aromatic rings. The summed E-state index contributed by atoms with van der Waals surface area (Å²) >= 11 is 4.65. The van der Waals surface area contributed by atoms with Crippen molar-refractivity contribution in [3.05, 3.63) is 50.4 Å². The number of halogens is 2. The zero-order chi connectivity index (χ0) is 12.4. The van der Waals surface area contributed by atoms with E-state index in [2.05, 4.69) is 15.9 Å². The maximum Gasteiger partial charge on any atom is 0.142 e. The summed E-state index contributed by atoms with van der Waals surface area (Å²) in [5.74, 6) is -0.156. The first-order valence-corrected chi connectivity index (χ1v) is 6.55. The molecule has 1 aromatic carbocycles. The van der Waals surface area contributed by atoms with Gasteiger partial charge >= 0.3 is 0 Å². The smallest absolute Gasteiger partial charge is 0.142 e. The third-order valence-corrected chi connectivity index (χ3v) is 3.93. The van der Waals surface area contributed by atoms with Gasteiger partial charge in [-0.15, -0.1) is 11.3 Å². The molecule has 0 radical (unpaired) electrons. The van der Waals surface area contributed by atoms with Crippen molar-refractivity contribution in [2.24, 2.45) is 0 Å². The van der Waals surface area contributed by atoms with Crippen LogP contribution in [0.3, 0.4) is 0 Å². The molecule has 0 aliphatic heterocycles. The van der Waals surface area contributed by atoms with E-state index in [1.54, 1.807) is 12.1 Å². The van der Waals surface area contributed by atoms with Crippen LogP contribution in [0, 0.1) is 5.82 Å². The van der Waals surface area contributed by atoms with Gasteiger partial charge in [-0.1, -0.05) is 6.07 Å². The van der Waals surface area contributed by atoms with E-state index in [1.165, 1.54) is 24.5 Å². The van der Waals surface area contributed by atoms with Crippen LogP contribution in [0.5, 0.6) is 5.75 Å². The molecule has 1 N–H and O–H groups in total. The minimum absolute atomic E-state index is 0.157. The Labute approximate surface area is 111 Å². The lowest BCUT2D eigenvalue weighted by molar-refractivity contribution is 0.212. The maximum atomic E-state index is 13.8. The van der Waals surface area contributed by atoms with Gasteiger partial charge in [0, 0.05) is 4.88 Å². The molecule has 0 spiro atoms. The van der Waals surface area contributed by atoms with Crippen molar-refractivity contribution in [1.82, 2.24) is 0 Å². The van der Waals surface area contributed by atoms with Crippen molar-refractivity contribution >= 4 is 27.3 Å². The molecule has 0 saturated heterocycles. The molecule has 0 fully saturated rings. The lowest BCUT2D eigenvalue weighted by Gasteiger charge is -2.15. The van der Waals surface area contributed by atoms with Gasteiger partial charge in [-0.25, -0.2) is 4.39 Å². The molecular weight excluding hydrogens is 307 g/mol. The first kappa shape index (κ1) is 12.5. The number of rotatable bonds is 3. The predicted octanol–water partition coefficient (Wildman–Crippen LogP) is 3.74. The summed E-state index contributed by atoms with van der Waals surface area (Å²) in [5.41, 5.74) is 0.157. The summed E-state index contributed by atoms with van der Waals surface area (Å²) in [6.07, 6.45) is -1.01. The fraction of sp³-hybridized carbons (Fsp3) is 0.167. The van der Waals surface area contributed by atoms with Crippen LogP contribution in [0.25, 0.3) is 0 Å². The van der Waals surface area contributed by atoms with Gasteiger partial charge < -0.3 is 9.84 Å². The van der Waals surface area contributed by atoms with Gasteiger partial charge in [0.15, 0.2) is 0 Å². The van der Waals surface area contributed by atoms with E-state index in [-0.39, 0.29) is 5.56 Å². The first-order chi connectivity index (χ1) is 8.15. The normalized spacial score (nSPS) is 12.5. The van der Waals surface area contributed by atoms with E-state index in [9.17, 15) is 9.50 Å². The van der Waals surface area contributed by atoms with Gasteiger partial charge in [0.1, 0.15) is 17.7 Å². The molecule has 0 amide bonds. The van der Waals surface area contributed by atoms with Crippen LogP contribution < -0.4 is 4.74 Å². The van der Waals surface area contributed by atoms with Crippen LogP contribution >= 0.6 is 27.3 Å². The first-order valence-electron chi connectivity index (χ1n) is 4.88. The Morgan fingerprint density at radius 3 is 2.76 bits per heavy atom. The monoisotopic (exact) mass is 316 g/mol. The van der Waals surface area contributed by atoms with Crippen LogP contribution in [0.4, 0.5) is 4.39 Å². The summed E-state index contributed by atoms with van der Waals surface area (Å²) < 4.78 is 19.6. The number of ether oxygens (including phenoxy) is 1. The van der Waals surface area contributed by atoms with Crippen LogP contribution in [0.2, 0.25) is 0 Å². The molecule has 1 atom stereocenters. The van der Waals surface area contributed by atoms with E-state index in [0.29, 0.717) is 15.1 Å². The highest BCUT2D eigenvalue weighted by Crippen LogP contribution is 2.38. The Hall–Kier alpha value is -0.910. The molecule has 2 nitrogen and oxygen atoms in total. The second-order valence-corrected chi connectivity index (χ2v) is 5.23. The Morgan fingerprint density at radius 1 is 1.41 bits per heavy atom. The number of hydrogen-bond acceptors (Lipinski definition) is 3. The molecule has 1 heterocycles. The summed E-state index contributed by atoms with van der Waals surface area (Å²) in [4.78, 5) is 0.681. The molecule has 17 heavy (non-hydrogen) atoms. The third-order valence-electron chi connectivity index (χ3n) is 2.39. The molecule has 0 bridgehead atoms. The number of benzene rings is 1. The number of aliphatic hydroxyl groups is 1. The topological polar surface area (TPSA) is 29.5 Å². The standard InChI is InChI=1S/C12H10BrFO2S/c1-16-12-7(13)4-5-8(14)10(12)11(15)9-3-2-6-17-9/h2-6,11,15H,1H3. The minimum Gasteiger partial charge on any atom is -0.495 e. The van der Waals surface area contributed by atoms with Gasteiger partial charge in [-0.3, -0.25) is 0 Å². The van der Waals surface area contributed by atoms with Gasteiger partial charge in [0.25, 0.3) is 0 Å². The Kier molecular flexibility index (Phi) is 3.81. The van der Waals surface area contributed by atoms with Crippen molar-refractivity contribution in [1.29, 1.82) is 0 Å². The van der Waals surface area contributed by atoms with E-state index < -0.39 is 11.9 Å². The van der Waals surface area contributed by atoms with Crippen molar-refractivity contribution in [2.75, 3.05) is 7.11 Å². The molecule has 1 aromatic heterocycles. The van der Waals surface area contributed by atoms with Gasteiger partial charge in [-0.05, 0) is 39.5 Å². The van der Waals surface area contributed by atoms with E-state index >= 15 is 0 Å². The largest absolute Gasteiger partial charge is 0.495 e. The maximum absolute atomic E-state index is 13.8. The fourth-order valence-electron chi connectivity index (χ4n) is 1.60. The van der Waals surface area contributed by atoms with Crippen LogP contribution in [-0.2, 0) is 0 Å². The van der Waals surface area contributed by atoms with Crippen molar-refractivity contribution < 1.29 is 14.2 Å². The average molecular weight is 317 g/mol. The van der Waals surface area contributed by atoms with Crippen LogP contribution in [-0.4, -0.2) is 12.2 Å². The Morgan fingerprint density at radius 2 is 2.18 bits per heavy atom. The Bertz CT molecular complexity index is 513. The lowest BCUT2D eigenvalue weighted by Crippen LogP contribution is -2.04. The van der Waals surface area contributed by atoms with Crippen LogP contribution in [0.1, 0.15) is 16.5 Å². The quantitative estimate of drug-likeness (QED) is 0.934. The van der Waals surface area contributed by atoms with E-state index in [1.807, 2.05) is 11.4 Å². The molecule has 0 saturated carbocycles. The van der Waals surface area contributed by atoms with Gasteiger partial charge in [0.05, 0.1) is 17.1 Å².